The molecular formula is C13H15BrINO. The number of hydrogen-bond donors (Lipinski definition) is 1. The van der Waals surface area contributed by atoms with Gasteiger partial charge in [-0.25, -0.2) is 0 Å². The number of carbonyl (C=O) groups is 1. The third kappa shape index (κ3) is 3.44. The summed E-state index contributed by atoms with van der Waals surface area (Å²) in [5.74, 6) is 0.740. The van der Waals surface area contributed by atoms with Gasteiger partial charge in [0.25, 0.3) is 5.91 Å². The van der Waals surface area contributed by atoms with Gasteiger partial charge in [0.1, 0.15) is 0 Å². The van der Waals surface area contributed by atoms with Gasteiger partial charge in [0.2, 0.25) is 0 Å². The van der Waals surface area contributed by atoms with Crippen molar-refractivity contribution in [2.24, 2.45) is 5.92 Å². The van der Waals surface area contributed by atoms with E-state index in [2.05, 4.69) is 50.8 Å². The first kappa shape index (κ1) is 13.3. The Balaban J connectivity index is 1.98. The van der Waals surface area contributed by atoms with Crippen LogP contribution in [0.15, 0.2) is 22.7 Å². The van der Waals surface area contributed by atoms with Crippen LogP contribution in [0, 0.1) is 9.49 Å². The first-order chi connectivity index (χ1) is 8.11. The van der Waals surface area contributed by atoms with Crippen molar-refractivity contribution in [1.29, 1.82) is 0 Å². The number of carbonyl (C=O) groups excluding carboxylic acids is 1. The van der Waals surface area contributed by atoms with Gasteiger partial charge in [-0.05, 0) is 75.5 Å². The Kier molecular flexibility index (Phi) is 4.47. The third-order valence-electron chi connectivity index (χ3n) is 3.07. The molecule has 1 aromatic carbocycles. The maximum Gasteiger partial charge on any atom is 0.252 e. The van der Waals surface area contributed by atoms with Crippen LogP contribution in [0.3, 0.4) is 0 Å². The predicted molar refractivity (Wildman–Crippen MR) is 81.1 cm³/mol. The summed E-state index contributed by atoms with van der Waals surface area (Å²) in [6.07, 6.45) is 3.56. The summed E-state index contributed by atoms with van der Waals surface area (Å²) in [7, 11) is 0. The summed E-state index contributed by atoms with van der Waals surface area (Å²) in [5.41, 5.74) is 0.735. The van der Waals surface area contributed by atoms with Crippen molar-refractivity contribution in [3.63, 3.8) is 0 Å². The number of hydrogen-bond acceptors (Lipinski definition) is 1. The normalized spacial score (nSPS) is 22.3. The maximum absolute atomic E-state index is 12.1. The topological polar surface area (TPSA) is 29.1 Å². The van der Waals surface area contributed by atoms with Crippen molar-refractivity contribution < 1.29 is 4.79 Å². The summed E-state index contributed by atoms with van der Waals surface area (Å²) in [5, 5.41) is 3.10. The molecule has 2 unspecified atom stereocenters. The molecule has 0 saturated heterocycles. The first-order valence-corrected chi connectivity index (χ1v) is 7.75. The molecule has 17 heavy (non-hydrogen) atoms. The number of halogens is 2. The third-order valence-corrected chi connectivity index (χ3v) is 4.43. The largest absolute Gasteiger partial charge is 0.349 e. The van der Waals surface area contributed by atoms with E-state index in [1.807, 2.05) is 18.2 Å². The molecule has 2 rings (SSSR count). The van der Waals surface area contributed by atoms with Gasteiger partial charge in [0.15, 0.2) is 0 Å². The summed E-state index contributed by atoms with van der Waals surface area (Å²) in [4.78, 5) is 12.1. The van der Waals surface area contributed by atoms with E-state index in [0.717, 1.165) is 20.0 Å². The van der Waals surface area contributed by atoms with Crippen molar-refractivity contribution in [1.82, 2.24) is 5.32 Å². The Morgan fingerprint density at radius 3 is 3.06 bits per heavy atom. The van der Waals surface area contributed by atoms with Gasteiger partial charge in [0.05, 0.1) is 5.56 Å². The van der Waals surface area contributed by atoms with Crippen LogP contribution < -0.4 is 5.32 Å². The summed E-state index contributed by atoms with van der Waals surface area (Å²) >= 11 is 5.64. The van der Waals surface area contributed by atoms with Crippen LogP contribution in [-0.2, 0) is 0 Å². The molecule has 0 aromatic heterocycles. The molecule has 0 radical (unpaired) electrons. The van der Waals surface area contributed by atoms with Crippen LogP contribution in [0.4, 0.5) is 0 Å². The highest BCUT2D eigenvalue weighted by Crippen LogP contribution is 2.35. The van der Waals surface area contributed by atoms with Crippen LogP contribution in [0.2, 0.25) is 0 Å². The molecule has 0 bridgehead atoms. The molecule has 1 amide bonds. The number of amides is 1. The van der Waals surface area contributed by atoms with Crippen LogP contribution in [0.5, 0.6) is 0 Å². The average Bonchev–Trinajstić information content (AvgIpc) is 3.00. The molecule has 1 fully saturated rings. The lowest BCUT2D eigenvalue weighted by molar-refractivity contribution is 0.0948. The Morgan fingerprint density at radius 1 is 1.59 bits per heavy atom. The molecule has 0 spiro atoms. The molecule has 2 nitrogen and oxygen atoms in total. The van der Waals surface area contributed by atoms with Crippen molar-refractivity contribution in [3.05, 3.63) is 31.8 Å². The van der Waals surface area contributed by atoms with E-state index in [4.69, 9.17) is 0 Å². The summed E-state index contributed by atoms with van der Waals surface area (Å²) in [6, 6.07) is 6.22. The lowest BCUT2D eigenvalue weighted by Crippen LogP contribution is -2.27. The van der Waals surface area contributed by atoms with Gasteiger partial charge >= 0.3 is 0 Å². The quantitative estimate of drug-likeness (QED) is 0.751. The average molecular weight is 408 g/mol. The van der Waals surface area contributed by atoms with E-state index >= 15 is 0 Å². The fourth-order valence-corrected chi connectivity index (χ4v) is 2.95. The van der Waals surface area contributed by atoms with E-state index in [9.17, 15) is 4.79 Å². The van der Waals surface area contributed by atoms with Crippen molar-refractivity contribution in [3.8, 4) is 0 Å². The van der Waals surface area contributed by atoms with Crippen LogP contribution >= 0.6 is 38.5 Å². The first-order valence-electron chi connectivity index (χ1n) is 5.87. The molecule has 1 N–H and O–H groups in total. The van der Waals surface area contributed by atoms with E-state index in [1.165, 1.54) is 12.8 Å². The fourth-order valence-electron chi connectivity index (χ4n) is 2.03. The Hall–Kier alpha value is -0.100. The highest BCUT2D eigenvalue weighted by atomic mass is 127. The lowest BCUT2D eigenvalue weighted by Gasteiger charge is -2.07. The van der Waals surface area contributed by atoms with Crippen LogP contribution in [-0.4, -0.2) is 11.9 Å². The van der Waals surface area contributed by atoms with Gasteiger partial charge < -0.3 is 5.32 Å². The van der Waals surface area contributed by atoms with E-state index in [-0.39, 0.29) is 5.91 Å². The number of benzene rings is 1. The second-order valence-electron chi connectivity index (χ2n) is 4.49. The maximum atomic E-state index is 12.1. The minimum atomic E-state index is 0.0407. The molecule has 1 saturated carbocycles. The van der Waals surface area contributed by atoms with Crippen molar-refractivity contribution in [2.45, 2.75) is 32.2 Å². The van der Waals surface area contributed by atoms with Crippen molar-refractivity contribution >= 4 is 44.4 Å². The second-order valence-corrected chi connectivity index (χ2v) is 6.59. The van der Waals surface area contributed by atoms with Crippen LogP contribution in [0.1, 0.15) is 36.5 Å². The minimum Gasteiger partial charge on any atom is -0.349 e. The highest BCUT2D eigenvalue weighted by Gasteiger charge is 2.37. The fraction of sp³-hybridized carbons (Fsp3) is 0.462. The van der Waals surface area contributed by atoms with Gasteiger partial charge in [-0.15, -0.1) is 0 Å². The van der Waals surface area contributed by atoms with E-state index in [0.29, 0.717) is 12.0 Å². The molecule has 0 aliphatic heterocycles. The number of nitrogens with one attached hydrogen (secondary N) is 1. The summed E-state index contributed by atoms with van der Waals surface area (Å²) < 4.78 is 1.94. The molecule has 1 aliphatic rings. The zero-order valence-corrected chi connectivity index (χ0v) is 13.4. The molecule has 1 aromatic rings. The molecule has 0 heterocycles. The Bertz CT molecular complexity index is 435. The van der Waals surface area contributed by atoms with Gasteiger partial charge in [-0.3, -0.25) is 4.79 Å². The highest BCUT2D eigenvalue weighted by molar-refractivity contribution is 14.1. The molecule has 1 aliphatic carbocycles. The van der Waals surface area contributed by atoms with Crippen LogP contribution in [0.25, 0.3) is 0 Å². The Labute approximate surface area is 124 Å². The van der Waals surface area contributed by atoms with E-state index in [1.54, 1.807) is 0 Å². The number of rotatable bonds is 4. The SMILES string of the molecule is CCCC1CC1NC(=O)c1cc(I)ccc1Br. The van der Waals surface area contributed by atoms with Crippen molar-refractivity contribution in [2.75, 3.05) is 0 Å². The zero-order valence-electron chi connectivity index (χ0n) is 9.67. The minimum absolute atomic E-state index is 0.0407. The molecular weight excluding hydrogens is 393 g/mol. The monoisotopic (exact) mass is 407 g/mol. The second kappa shape index (κ2) is 5.69. The summed E-state index contributed by atoms with van der Waals surface area (Å²) in [6.45, 7) is 2.19. The van der Waals surface area contributed by atoms with Gasteiger partial charge in [0, 0.05) is 14.1 Å². The molecule has 4 heteroatoms. The standard InChI is InChI=1S/C13H15BrINO/c1-2-3-8-6-12(8)16-13(17)10-7-9(15)4-5-11(10)14/h4-5,7-8,12H,2-3,6H2,1H3,(H,16,17). The smallest absolute Gasteiger partial charge is 0.252 e. The van der Waals surface area contributed by atoms with E-state index < -0.39 is 0 Å². The molecule has 2 atom stereocenters. The zero-order chi connectivity index (χ0) is 12.4. The Morgan fingerprint density at radius 2 is 2.35 bits per heavy atom. The predicted octanol–water partition coefficient (Wildman–Crippen LogP) is 3.97. The molecule has 92 valence electrons. The van der Waals surface area contributed by atoms with Gasteiger partial charge in [-0.1, -0.05) is 13.3 Å². The van der Waals surface area contributed by atoms with Gasteiger partial charge in [-0.2, -0.15) is 0 Å². The lowest BCUT2D eigenvalue weighted by atomic mass is 10.2.